The number of aryl methyl sites for hydroxylation is 1. The monoisotopic (exact) mass is 421 g/mol. The van der Waals surface area contributed by atoms with E-state index in [-0.39, 0.29) is 11.6 Å². The largest absolute Gasteiger partial charge is 0.497 e. The third-order valence-corrected chi connectivity index (χ3v) is 5.21. The molecule has 0 saturated heterocycles. The maximum absolute atomic E-state index is 13.2. The van der Waals surface area contributed by atoms with Gasteiger partial charge in [0.15, 0.2) is 0 Å². The van der Waals surface area contributed by atoms with Gasteiger partial charge in [0.05, 0.1) is 19.8 Å². The van der Waals surface area contributed by atoms with Crippen molar-refractivity contribution in [3.63, 3.8) is 0 Å². The molecule has 0 fully saturated rings. The zero-order valence-corrected chi connectivity index (χ0v) is 17.2. The van der Waals surface area contributed by atoms with Crippen LogP contribution < -0.4 is 15.2 Å². The molecule has 0 aliphatic carbocycles. The highest BCUT2D eigenvalue weighted by atomic mass is 79.9. The van der Waals surface area contributed by atoms with E-state index in [2.05, 4.69) is 20.9 Å². The maximum atomic E-state index is 13.2. The Balaban J connectivity index is 2.10. The molecule has 1 aromatic carbocycles. The summed E-state index contributed by atoms with van der Waals surface area (Å²) in [4.78, 5) is 19.7. The Morgan fingerprint density at radius 3 is 2.77 bits per heavy atom. The van der Waals surface area contributed by atoms with Crippen molar-refractivity contribution in [3.8, 4) is 5.75 Å². The van der Waals surface area contributed by atoms with E-state index in [1.807, 2.05) is 30.9 Å². The quantitative estimate of drug-likeness (QED) is 0.712. The fraction of sp³-hybridized carbons (Fsp3) is 0.474. The molecule has 7 heteroatoms. The Morgan fingerprint density at radius 2 is 2.12 bits per heavy atom. The van der Waals surface area contributed by atoms with Crippen LogP contribution in [0.3, 0.4) is 0 Å². The lowest BCUT2D eigenvalue weighted by atomic mass is 10.1. The second-order valence-electron chi connectivity index (χ2n) is 6.47. The van der Waals surface area contributed by atoms with Gasteiger partial charge in [0, 0.05) is 25.5 Å². The molecule has 1 aromatic heterocycles. The van der Waals surface area contributed by atoms with Crippen molar-refractivity contribution in [1.82, 2.24) is 9.55 Å². The topological polar surface area (TPSA) is 56.6 Å². The van der Waals surface area contributed by atoms with Gasteiger partial charge in [-0.3, -0.25) is 4.79 Å². The summed E-state index contributed by atoms with van der Waals surface area (Å²) in [7, 11) is 3.32. The summed E-state index contributed by atoms with van der Waals surface area (Å²) in [5, 5.41) is 0. The lowest BCUT2D eigenvalue weighted by Crippen LogP contribution is -2.33. The average Bonchev–Trinajstić information content (AvgIpc) is 3.05. The predicted octanol–water partition coefficient (Wildman–Crippen LogP) is 3.61. The average molecular weight is 422 g/mol. The molecule has 26 heavy (non-hydrogen) atoms. The maximum Gasteiger partial charge on any atom is 0.294 e. The Kier molecular flexibility index (Phi) is 5.67. The van der Waals surface area contributed by atoms with Crippen LogP contribution in [0.2, 0.25) is 0 Å². The third-order valence-electron chi connectivity index (χ3n) is 4.83. The molecule has 0 unspecified atom stereocenters. The number of benzene rings is 1. The summed E-state index contributed by atoms with van der Waals surface area (Å²) in [6.07, 6.45) is 3.41. The first kappa shape index (κ1) is 18.9. The first-order chi connectivity index (χ1) is 12.5. The summed E-state index contributed by atoms with van der Waals surface area (Å²) in [5.74, 6) is 1.29. The van der Waals surface area contributed by atoms with Gasteiger partial charge in [-0.25, -0.2) is 4.98 Å². The molecule has 1 aliphatic rings. The molecular formula is C19H24BrN3O3. The highest BCUT2D eigenvalue weighted by Gasteiger charge is 2.28. The van der Waals surface area contributed by atoms with Crippen LogP contribution >= 0.6 is 15.9 Å². The molecule has 3 rings (SSSR count). The third kappa shape index (κ3) is 3.38. The van der Waals surface area contributed by atoms with Crippen LogP contribution in [-0.4, -0.2) is 36.9 Å². The van der Waals surface area contributed by atoms with Crippen LogP contribution in [-0.2, 0) is 11.2 Å². The van der Waals surface area contributed by atoms with Gasteiger partial charge >= 0.3 is 0 Å². The van der Waals surface area contributed by atoms with Crippen molar-refractivity contribution in [2.24, 2.45) is 0 Å². The summed E-state index contributed by atoms with van der Waals surface area (Å²) in [5.41, 5.74) is 3.21. The van der Waals surface area contributed by atoms with Gasteiger partial charge in [0.2, 0.25) is 5.82 Å². The van der Waals surface area contributed by atoms with E-state index < -0.39 is 0 Å². The number of aromatic nitrogens is 2. The molecule has 0 N–H and O–H groups in total. The Bertz CT molecular complexity index is 866. The van der Waals surface area contributed by atoms with Gasteiger partial charge in [-0.2, -0.15) is 0 Å². The van der Waals surface area contributed by atoms with Crippen LogP contribution in [0.15, 0.2) is 27.7 Å². The van der Waals surface area contributed by atoms with Gasteiger partial charge in [0.1, 0.15) is 10.4 Å². The van der Waals surface area contributed by atoms with Gasteiger partial charge < -0.3 is 18.9 Å². The number of ether oxygens (including phenoxy) is 2. The van der Waals surface area contributed by atoms with Gasteiger partial charge in [-0.1, -0.05) is 6.92 Å². The van der Waals surface area contributed by atoms with Crippen LogP contribution in [0.25, 0.3) is 0 Å². The number of rotatable bonds is 6. The number of hydrogen-bond acceptors (Lipinski definition) is 5. The molecule has 1 atom stereocenters. The van der Waals surface area contributed by atoms with Crippen molar-refractivity contribution < 1.29 is 9.47 Å². The van der Waals surface area contributed by atoms with E-state index in [4.69, 9.17) is 9.47 Å². The SMILES string of the molecule is CC[C@@H](COC)n1cc(Br)nc(N2CCc3cc(OC)cc(C)c32)c1=O. The fourth-order valence-corrected chi connectivity index (χ4v) is 3.96. The van der Waals surface area contributed by atoms with Crippen molar-refractivity contribution in [1.29, 1.82) is 0 Å². The van der Waals surface area contributed by atoms with Crippen molar-refractivity contribution in [2.75, 3.05) is 32.3 Å². The molecule has 6 nitrogen and oxygen atoms in total. The van der Waals surface area contributed by atoms with Crippen LogP contribution in [0.1, 0.15) is 30.5 Å². The zero-order valence-electron chi connectivity index (χ0n) is 15.6. The number of halogens is 1. The summed E-state index contributed by atoms with van der Waals surface area (Å²) in [6, 6.07) is 4.01. The van der Waals surface area contributed by atoms with Gasteiger partial charge in [0.25, 0.3) is 5.56 Å². The number of anilines is 2. The van der Waals surface area contributed by atoms with E-state index in [1.165, 1.54) is 5.56 Å². The molecule has 0 saturated carbocycles. The van der Waals surface area contributed by atoms with Crippen LogP contribution in [0.4, 0.5) is 11.5 Å². The molecule has 2 aromatic rings. The Morgan fingerprint density at radius 1 is 1.35 bits per heavy atom. The second-order valence-corrected chi connectivity index (χ2v) is 7.28. The van der Waals surface area contributed by atoms with E-state index in [0.29, 0.717) is 17.0 Å². The molecule has 2 heterocycles. The Hall–Kier alpha value is -1.86. The second kappa shape index (κ2) is 7.80. The van der Waals surface area contributed by atoms with E-state index >= 15 is 0 Å². The minimum Gasteiger partial charge on any atom is -0.497 e. The molecule has 140 valence electrons. The smallest absolute Gasteiger partial charge is 0.294 e. The molecule has 0 spiro atoms. The van der Waals surface area contributed by atoms with Crippen LogP contribution in [0, 0.1) is 6.92 Å². The van der Waals surface area contributed by atoms with Gasteiger partial charge in [-0.05, 0) is 59.0 Å². The predicted molar refractivity (Wildman–Crippen MR) is 106 cm³/mol. The van der Waals surface area contributed by atoms with E-state index in [1.54, 1.807) is 25.0 Å². The van der Waals surface area contributed by atoms with E-state index in [9.17, 15) is 4.79 Å². The first-order valence-electron chi connectivity index (χ1n) is 8.72. The number of hydrogen-bond donors (Lipinski definition) is 0. The summed E-state index contributed by atoms with van der Waals surface area (Å²) < 4.78 is 13.0. The number of methoxy groups -OCH3 is 2. The Labute approximate surface area is 161 Å². The van der Waals surface area contributed by atoms with E-state index in [0.717, 1.165) is 36.4 Å². The zero-order chi connectivity index (χ0) is 18.8. The lowest BCUT2D eigenvalue weighted by Gasteiger charge is -2.23. The highest BCUT2D eigenvalue weighted by Crippen LogP contribution is 2.38. The number of nitrogens with zero attached hydrogens (tertiary/aromatic N) is 3. The van der Waals surface area contributed by atoms with Gasteiger partial charge in [-0.15, -0.1) is 0 Å². The highest BCUT2D eigenvalue weighted by molar-refractivity contribution is 9.10. The lowest BCUT2D eigenvalue weighted by molar-refractivity contribution is 0.151. The molecular weight excluding hydrogens is 398 g/mol. The summed E-state index contributed by atoms with van der Waals surface area (Å²) in [6.45, 7) is 5.30. The minimum absolute atomic E-state index is 0.0235. The normalized spacial score (nSPS) is 14.4. The summed E-state index contributed by atoms with van der Waals surface area (Å²) >= 11 is 3.47. The van der Waals surface area contributed by atoms with Crippen molar-refractivity contribution >= 4 is 27.4 Å². The molecule has 0 radical (unpaired) electrons. The first-order valence-corrected chi connectivity index (χ1v) is 9.52. The number of fused-ring (bicyclic) bond motifs is 1. The molecule has 0 bridgehead atoms. The molecule has 1 aliphatic heterocycles. The standard InChI is InChI=1S/C19H24BrN3O3/c1-5-14(11-25-3)23-10-16(20)21-18(19(23)24)22-7-6-13-9-15(26-4)8-12(2)17(13)22/h8-10,14H,5-7,11H2,1-4H3/t14-/m0/s1. The van der Waals surface area contributed by atoms with Crippen molar-refractivity contribution in [3.05, 3.63) is 44.4 Å². The van der Waals surface area contributed by atoms with Crippen molar-refractivity contribution in [2.45, 2.75) is 32.7 Å². The fourth-order valence-electron chi connectivity index (χ4n) is 3.57. The van der Waals surface area contributed by atoms with Crippen LogP contribution in [0.5, 0.6) is 5.75 Å². The minimum atomic E-state index is -0.0971. The molecule has 0 amide bonds.